The van der Waals surface area contributed by atoms with E-state index in [1.807, 2.05) is 60.8 Å². The quantitative estimate of drug-likeness (QED) is 0.710. The molecule has 6 heteroatoms. The molecule has 1 aromatic heterocycles. The fraction of sp³-hybridized carbons (Fsp3) is 0.150. The van der Waals surface area contributed by atoms with Crippen molar-refractivity contribution in [2.75, 3.05) is 10.6 Å². The molecule has 0 saturated heterocycles. The van der Waals surface area contributed by atoms with Crippen molar-refractivity contribution in [1.82, 2.24) is 4.98 Å². The van der Waals surface area contributed by atoms with E-state index in [0.717, 1.165) is 33.2 Å². The number of rotatable bonds is 5. The van der Waals surface area contributed by atoms with Crippen molar-refractivity contribution in [3.63, 3.8) is 0 Å². The van der Waals surface area contributed by atoms with Crippen LogP contribution in [-0.4, -0.2) is 16.8 Å². The molecule has 0 aliphatic carbocycles. The van der Waals surface area contributed by atoms with Crippen LogP contribution in [0, 0.1) is 6.92 Å². The van der Waals surface area contributed by atoms with E-state index < -0.39 is 0 Å². The average Bonchev–Trinajstić information content (AvgIpc) is 3.05. The molecule has 0 radical (unpaired) electrons. The monoisotopic (exact) mass is 365 g/mol. The highest BCUT2D eigenvalue weighted by Gasteiger charge is 2.10. The van der Waals surface area contributed by atoms with Crippen molar-refractivity contribution >= 4 is 34.5 Å². The molecular weight excluding hydrogens is 346 g/mol. The van der Waals surface area contributed by atoms with Crippen LogP contribution in [0.1, 0.15) is 18.2 Å². The molecule has 0 aliphatic heterocycles. The summed E-state index contributed by atoms with van der Waals surface area (Å²) >= 11 is 1.49. The number of hydrogen-bond donors (Lipinski definition) is 2. The van der Waals surface area contributed by atoms with Crippen molar-refractivity contribution < 1.29 is 9.59 Å². The van der Waals surface area contributed by atoms with Gasteiger partial charge in [-0.05, 0) is 43.3 Å². The van der Waals surface area contributed by atoms with Gasteiger partial charge < -0.3 is 10.6 Å². The van der Waals surface area contributed by atoms with Crippen LogP contribution in [0.3, 0.4) is 0 Å². The summed E-state index contributed by atoms with van der Waals surface area (Å²) in [6.45, 7) is 3.48. The topological polar surface area (TPSA) is 71.1 Å². The van der Waals surface area contributed by atoms with Crippen LogP contribution in [0.15, 0.2) is 53.9 Å². The van der Waals surface area contributed by atoms with Crippen LogP contribution < -0.4 is 10.6 Å². The number of carbonyl (C=O) groups excluding carboxylic acids is 2. The number of nitrogens with zero attached hydrogens (tertiary/aromatic N) is 1. The Kier molecular flexibility index (Phi) is 5.43. The highest BCUT2D eigenvalue weighted by molar-refractivity contribution is 7.13. The summed E-state index contributed by atoms with van der Waals surface area (Å²) in [6.07, 6.45) is 0.231. The van der Waals surface area contributed by atoms with Gasteiger partial charge in [0.25, 0.3) is 0 Å². The van der Waals surface area contributed by atoms with Crippen molar-refractivity contribution in [2.45, 2.75) is 20.3 Å². The number of amides is 2. The first-order chi connectivity index (χ1) is 12.5. The van der Waals surface area contributed by atoms with Crippen LogP contribution in [0.4, 0.5) is 11.4 Å². The molecule has 3 aromatic rings. The Bertz CT molecular complexity index is 915. The largest absolute Gasteiger partial charge is 0.326 e. The normalized spacial score (nSPS) is 10.4. The first-order valence-electron chi connectivity index (χ1n) is 8.18. The third kappa shape index (κ3) is 4.77. The standard InChI is InChI=1S/C20H19N3O2S/c1-13-3-7-17(8-4-13)22-19(25)11-18-12-26-20(23-18)15-5-9-16(10-6-15)21-14(2)24/h3-10,12H,11H2,1-2H3,(H,21,24)(H,22,25). The fourth-order valence-electron chi connectivity index (χ4n) is 2.43. The zero-order valence-corrected chi connectivity index (χ0v) is 15.4. The number of aromatic nitrogens is 1. The Morgan fingerprint density at radius 1 is 0.962 bits per heavy atom. The van der Waals surface area contributed by atoms with E-state index in [2.05, 4.69) is 15.6 Å². The second-order valence-electron chi connectivity index (χ2n) is 5.99. The van der Waals surface area contributed by atoms with Gasteiger partial charge in [-0.1, -0.05) is 17.7 Å². The number of thiazole rings is 1. The predicted octanol–water partition coefficient (Wildman–Crippen LogP) is 4.26. The fourth-order valence-corrected chi connectivity index (χ4v) is 3.25. The highest BCUT2D eigenvalue weighted by Crippen LogP contribution is 2.25. The summed E-state index contributed by atoms with van der Waals surface area (Å²) < 4.78 is 0. The van der Waals surface area contributed by atoms with Gasteiger partial charge in [0.15, 0.2) is 0 Å². The molecule has 2 aromatic carbocycles. The van der Waals surface area contributed by atoms with Crippen LogP contribution in [0.25, 0.3) is 10.6 Å². The van der Waals surface area contributed by atoms with E-state index >= 15 is 0 Å². The van der Waals surface area contributed by atoms with Crippen LogP contribution in [0.5, 0.6) is 0 Å². The van der Waals surface area contributed by atoms with Gasteiger partial charge >= 0.3 is 0 Å². The molecular formula is C20H19N3O2S. The number of benzene rings is 2. The van der Waals surface area contributed by atoms with E-state index in [1.165, 1.54) is 18.3 Å². The molecule has 2 N–H and O–H groups in total. The van der Waals surface area contributed by atoms with Crippen LogP contribution in [0.2, 0.25) is 0 Å². The summed E-state index contributed by atoms with van der Waals surface area (Å²) in [7, 11) is 0. The van der Waals surface area contributed by atoms with E-state index in [1.54, 1.807) is 0 Å². The average molecular weight is 365 g/mol. The number of nitrogens with one attached hydrogen (secondary N) is 2. The first kappa shape index (κ1) is 17.8. The zero-order chi connectivity index (χ0) is 18.5. The summed E-state index contributed by atoms with van der Waals surface area (Å²) in [5, 5.41) is 8.35. The van der Waals surface area contributed by atoms with E-state index in [0.29, 0.717) is 0 Å². The van der Waals surface area contributed by atoms with Gasteiger partial charge in [-0.3, -0.25) is 9.59 Å². The molecule has 0 bridgehead atoms. The Hall–Kier alpha value is -2.99. The molecule has 2 amide bonds. The third-order valence-electron chi connectivity index (χ3n) is 3.68. The molecule has 0 unspecified atom stereocenters. The van der Waals surface area contributed by atoms with Crippen LogP contribution >= 0.6 is 11.3 Å². The maximum Gasteiger partial charge on any atom is 0.230 e. The van der Waals surface area contributed by atoms with Gasteiger partial charge in [-0.2, -0.15) is 0 Å². The lowest BCUT2D eigenvalue weighted by atomic mass is 10.2. The van der Waals surface area contributed by atoms with Gasteiger partial charge in [-0.15, -0.1) is 11.3 Å². The minimum Gasteiger partial charge on any atom is -0.326 e. The SMILES string of the molecule is CC(=O)Nc1ccc(-c2nc(CC(=O)Nc3ccc(C)cc3)cs2)cc1. The second kappa shape index (κ2) is 7.93. The van der Waals surface area contributed by atoms with E-state index in [9.17, 15) is 9.59 Å². The lowest BCUT2D eigenvalue weighted by molar-refractivity contribution is -0.116. The maximum absolute atomic E-state index is 12.2. The third-order valence-corrected chi connectivity index (χ3v) is 4.62. The van der Waals surface area contributed by atoms with Gasteiger partial charge in [-0.25, -0.2) is 4.98 Å². The van der Waals surface area contributed by atoms with Crippen molar-refractivity contribution in [3.8, 4) is 10.6 Å². The van der Waals surface area contributed by atoms with Gasteiger partial charge in [0, 0.05) is 29.2 Å². The molecule has 132 valence electrons. The number of carbonyl (C=O) groups is 2. The van der Waals surface area contributed by atoms with Crippen molar-refractivity contribution in [1.29, 1.82) is 0 Å². The number of anilines is 2. The Labute approximate surface area is 156 Å². The first-order valence-corrected chi connectivity index (χ1v) is 9.06. The zero-order valence-electron chi connectivity index (χ0n) is 14.6. The van der Waals surface area contributed by atoms with Gasteiger partial charge in [0.05, 0.1) is 12.1 Å². The molecule has 1 heterocycles. The number of aryl methyl sites for hydroxylation is 1. The Morgan fingerprint density at radius 3 is 2.23 bits per heavy atom. The van der Waals surface area contributed by atoms with E-state index in [4.69, 9.17) is 0 Å². The molecule has 3 rings (SSSR count). The lowest BCUT2D eigenvalue weighted by Crippen LogP contribution is -2.14. The van der Waals surface area contributed by atoms with Gasteiger partial charge in [0.1, 0.15) is 5.01 Å². The predicted molar refractivity (Wildman–Crippen MR) is 105 cm³/mol. The van der Waals surface area contributed by atoms with Crippen molar-refractivity contribution in [3.05, 3.63) is 65.2 Å². The smallest absolute Gasteiger partial charge is 0.230 e. The summed E-state index contributed by atoms with van der Waals surface area (Å²) in [5.41, 5.74) is 4.37. The molecule has 26 heavy (non-hydrogen) atoms. The molecule has 0 spiro atoms. The molecule has 0 atom stereocenters. The molecule has 0 saturated carbocycles. The molecule has 0 fully saturated rings. The van der Waals surface area contributed by atoms with Crippen molar-refractivity contribution in [2.24, 2.45) is 0 Å². The maximum atomic E-state index is 12.2. The minimum absolute atomic E-state index is 0.0910. The van der Waals surface area contributed by atoms with Gasteiger partial charge in [0.2, 0.25) is 11.8 Å². The second-order valence-corrected chi connectivity index (χ2v) is 6.85. The lowest BCUT2D eigenvalue weighted by Gasteiger charge is -2.04. The number of hydrogen-bond acceptors (Lipinski definition) is 4. The minimum atomic E-state index is -0.103. The van der Waals surface area contributed by atoms with E-state index in [-0.39, 0.29) is 18.2 Å². The van der Waals surface area contributed by atoms with Crippen LogP contribution in [-0.2, 0) is 16.0 Å². The summed E-state index contributed by atoms with van der Waals surface area (Å²) in [6, 6.07) is 15.2. The summed E-state index contributed by atoms with van der Waals surface area (Å²) in [5.74, 6) is -0.194. The molecule has 0 aliphatic rings. The summed E-state index contributed by atoms with van der Waals surface area (Å²) in [4.78, 5) is 27.8. The highest BCUT2D eigenvalue weighted by atomic mass is 32.1. The molecule has 5 nitrogen and oxygen atoms in total. The Morgan fingerprint density at radius 2 is 1.58 bits per heavy atom. The Balaban J connectivity index is 1.63.